The molecule has 0 bridgehead atoms. The summed E-state index contributed by atoms with van der Waals surface area (Å²) in [6.45, 7) is 5.12. The normalized spacial score (nSPS) is 19.5. The molecule has 1 fully saturated rings. The van der Waals surface area contributed by atoms with Crippen molar-refractivity contribution in [1.82, 2.24) is 14.9 Å². The van der Waals surface area contributed by atoms with Crippen molar-refractivity contribution in [3.63, 3.8) is 0 Å². The second kappa shape index (κ2) is 7.06. The van der Waals surface area contributed by atoms with Crippen molar-refractivity contribution in [1.29, 1.82) is 0 Å². The molecule has 142 valence electrons. The molecule has 1 saturated heterocycles. The lowest BCUT2D eigenvalue weighted by atomic mass is 9.93. The van der Waals surface area contributed by atoms with Gasteiger partial charge in [0, 0.05) is 37.2 Å². The van der Waals surface area contributed by atoms with Crippen molar-refractivity contribution in [3.05, 3.63) is 51.7 Å². The number of piperidine rings is 1. The molecular formula is C20H24N4O3. The van der Waals surface area contributed by atoms with Crippen molar-refractivity contribution in [3.8, 4) is 5.75 Å². The highest BCUT2D eigenvalue weighted by Gasteiger charge is 2.26. The van der Waals surface area contributed by atoms with E-state index < -0.39 is 0 Å². The van der Waals surface area contributed by atoms with E-state index >= 15 is 0 Å². The van der Waals surface area contributed by atoms with E-state index in [2.05, 4.69) is 15.3 Å². The molecule has 2 aromatic rings. The maximum Gasteiger partial charge on any atom is 0.321 e. The van der Waals surface area contributed by atoms with Crippen molar-refractivity contribution >= 4 is 11.7 Å². The van der Waals surface area contributed by atoms with Crippen LogP contribution >= 0.6 is 0 Å². The first-order chi connectivity index (χ1) is 13.0. The van der Waals surface area contributed by atoms with Gasteiger partial charge in [0.2, 0.25) is 0 Å². The molecular weight excluding hydrogens is 344 g/mol. The lowest BCUT2D eigenvalue weighted by Gasteiger charge is -2.31. The Morgan fingerprint density at radius 2 is 2.07 bits per heavy atom. The number of H-pyrrole nitrogens is 1. The van der Waals surface area contributed by atoms with Gasteiger partial charge in [0.1, 0.15) is 17.7 Å². The van der Waals surface area contributed by atoms with Crippen LogP contribution in [0.2, 0.25) is 0 Å². The zero-order valence-corrected chi connectivity index (χ0v) is 15.6. The van der Waals surface area contributed by atoms with Crippen LogP contribution in [-0.4, -0.2) is 40.1 Å². The van der Waals surface area contributed by atoms with E-state index in [0.717, 1.165) is 42.0 Å². The molecule has 1 atom stereocenters. The molecule has 0 radical (unpaired) electrons. The number of nitrogens with zero attached hydrogens (tertiary/aromatic N) is 2. The van der Waals surface area contributed by atoms with Gasteiger partial charge in [0.15, 0.2) is 0 Å². The van der Waals surface area contributed by atoms with Crippen LogP contribution in [0.15, 0.2) is 29.1 Å². The van der Waals surface area contributed by atoms with Crippen LogP contribution in [0.5, 0.6) is 5.75 Å². The fourth-order valence-corrected chi connectivity index (χ4v) is 3.89. The smallest absolute Gasteiger partial charge is 0.321 e. The van der Waals surface area contributed by atoms with Gasteiger partial charge in [0.25, 0.3) is 5.56 Å². The number of urea groups is 1. The van der Waals surface area contributed by atoms with Crippen LogP contribution < -0.4 is 15.6 Å². The average Bonchev–Trinajstić information content (AvgIpc) is 3.00. The van der Waals surface area contributed by atoms with Crippen LogP contribution in [0.25, 0.3) is 0 Å². The van der Waals surface area contributed by atoms with E-state index in [-0.39, 0.29) is 23.6 Å². The van der Waals surface area contributed by atoms with Crippen LogP contribution in [0.1, 0.15) is 42.8 Å². The molecule has 2 amide bonds. The lowest BCUT2D eigenvalue weighted by Crippen LogP contribution is -2.40. The molecule has 7 heteroatoms. The summed E-state index contributed by atoms with van der Waals surface area (Å²) in [4.78, 5) is 33.2. The number of carbonyl (C=O) groups excluding carboxylic acids is 1. The minimum absolute atomic E-state index is 0.0876. The molecule has 0 aliphatic carbocycles. The Morgan fingerprint density at radius 3 is 2.81 bits per heavy atom. The van der Waals surface area contributed by atoms with Crippen molar-refractivity contribution in [2.45, 2.75) is 45.1 Å². The average molecular weight is 368 g/mol. The van der Waals surface area contributed by atoms with E-state index in [1.165, 1.54) is 0 Å². The number of aromatic nitrogens is 2. The summed E-state index contributed by atoms with van der Waals surface area (Å²) < 4.78 is 5.70. The second-order valence-electron chi connectivity index (χ2n) is 7.40. The summed E-state index contributed by atoms with van der Waals surface area (Å²) in [6.07, 6.45) is 2.66. The summed E-state index contributed by atoms with van der Waals surface area (Å²) in [5.41, 5.74) is 2.64. The van der Waals surface area contributed by atoms with E-state index in [1.807, 2.05) is 30.0 Å². The number of hydrogen-bond acceptors (Lipinski definition) is 4. The first kappa shape index (κ1) is 17.6. The third kappa shape index (κ3) is 3.82. The summed E-state index contributed by atoms with van der Waals surface area (Å²) in [5, 5.41) is 2.99. The third-order valence-corrected chi connectivity index (χ3v) is 5.23. The van der Waals surface area contributed by atoms with Gasteiger partial charge in [-0.3, -0.25) is 4.79 Å². The molecule has 1 aromatic heterocycles. The lowest BCUT2D eigenvalue weighted by molar-refractivity contribution is 0.194. The zero-order valence-electron chi connectivity index (χ0n) is 15.6. The quantitative estimate of drug-likeness (QED) is 0.853. The van der Waals surface area contributed by atoms with Gasteiger partial charge in [-0.15, -0.1) is 0 Å². The Kier molecular flexibility index (Phi) is 4.59. The maximum atomic E-state index is 12.6. The van der Waals surface area contributed by atoms with E-state index in [9.17, 15) is 9.59 Å². The Bertz CT molecular complexity index is 916. The van der Waals surface area contributed by atoms with Crippen molar-refractivity contribution in [2.75, 3.05) is 18.4 Å². The number of nitrogens with one attached hydrogen (secondary N) is 2. The van der Waals surface area contributed by atoms with Crippen LogP contribution in [0.4, 0.5) is 10.5 Å². The Hall–Kier alpha value is -2.83. The molecule has 3 heterocycles. The number of amides is 2. The van der Waals surface area contributed by atoms with E-state index in [4.69, 9.17) is 4.74 Å². The monoisotopic (exact) mass is 368 g/mol. The fourth-order valence-electron chi connectivity index (χ4n) is 3.89. The van der Waals surface area contributed by atoms with Gasteiger partial charge in [-0.05, 0) is 50.5 Å². The Morgan fingerprint density at radius 1 is 1.30 bits per heavy atom. The molecule has 2 aliphatic rings. The standard InChI is InChI=1S/C20H24N4O3/c1-12-9-15-10-16(3-4-18(15)27-12)23-20(26)24-7-5-14(6-8-24)17-11-19(25)22-13(2)21-17/h3-4,10-12,14H,5-9H2,1-2H3,(H,23,26)(H,21,22,25). The van der Waals surface area contributed by atoms with Crippen LogP contribution in [-0.2, 0) is 6.42 Å². The minimum Gasteiger partial charge on any atom is -0.490 e. The number of aromatic amines is 1. The van der Waals surface area contributed by atoms with Gasteiger partial charge >= 0.3 is 6.03 Å². The highest BCUT2D eigenvalue weighted by atomic mass is 16.5. The van der Waals surface area contributed by atoms with E-state index in [0.29, 0.717) is 18.9 Å². The van der Waals surface area contributed by atoms with Crippen LogP contribution in [0.3, 0.4) is 0 Å². The topological polar surface area (TPSA) is 87.3 Å². The molecule has 27 heavy (non-hydrogen) atoms. The highest BCUT2D eigenvalue weighted by Crippen LogP contribution is 2.31. The van der Waals surface area contributed by atoms with Gasteiger partial charge in [-0.25, -0.2) is 9.78 Å². The molecule has 0 spiro atoms. The number of carbonyl (C=O) groups is 1. The SMILES string of the molecule is Cc1nc(C2CCN(C(=O)Nc3ccc4c(c3)CC(C)O4)CC2)cc(=O)[nH]1. The maximum absolute atomic E-state index is 12.6. The number of benzene rings is 1. The van der Waals surface area contributed by atoms with E-state index in [1.54, 1.807) is 13.0 Å². The molecule has 0 saturated carbocycles. The summed E-state index contributed by atoms with van der Waals surface area (Å²) in [5.74, 6) is 1.75. The second-order valence-corrected chi connectivity index (χ2v) is 7.40. The number of anilines is 1. The minimum atomic E-state index is -0.118. The predicted octanol–water partition coefficient (Wildman–Crippen LogP) is 2.81. The third-order valence-electron chi connectivity index (χ3n) is 5.23. The highest BCUT2D eigenvalue weighted by molar-refractivity contribution is 5.89. The summed E-state index contributed by atoms with van der Waals surface area (Å²) in [6, 6.07) is 7.27. The van der Waals surface area contributed by atoms with Crippen LogP contribution in [0, 0.1) is 6.92 Å². The zero-order chi connectivity index (χ0) is 19.0. The summed E-state index contributed by atoms with van der Waals surface area (Å²) >= 11 is 0. The summed E-state index contributed by atoms with van der Waals surface area (Å²) in [7, 11) is 0. The Balaban J connectivity index is 1.36. The molecule has 1 unspecified atom stereocenters. The molecule has 2 N–H and O–H groups in total. The molecule has 7 nitrogen and oxygen atoms in total. The first-order valence-corrected chi connectivity index (χ1v) is 9.41. The Labute approximate surface area is 157 Å². The first-order valence-electron chi connectivity index (χ1n) is 9.41. The largest absolute Gasteiger partial charge is 0.490 e. The predicted molar refractivity (Wildman–Crippen MR) is 102 cm³/mol. The molecule has 2 aliphatic heterocycles. The van der Waals surface area contributed by atoms with Crippen molar-refractivity contribution < 1.29 is 9.53 Å². The molecule has 1 aromatic carbocycles. The van der Waals surface area contributed by atoms with Gasteiger partial charge in [-0.2, -0.15) is 0 Å². The number of fused-ring (bicyclic) bond motifs is 1. The van der Waals surface area contributed by atoms with Gasteiger partial charge < -0.3 is 19.9 Å². The number of ether oxygens (including phenoxy) is 1. The molecule has 4 rings (SSSR count). The van der Waals surface area contributed by atoms with Crippen molar-refractivity contribution in [2.24, 2.45) is 0 Å². The number of hydrogen-bond donors (Lipinski definition) is 2. The van der Waals surface area contributed by atoms with Gasteiger partial charge in [-0.1, -0.05) is 0 Å². The number of likely N-dealkylation sites (tertiary alicyclic amines) is 1. The number of aryl methyl sites for hydroxylation is 1. The van der Waals surface area contributed by atoms with Gasteiger partial charge in [0.05, 0.1) is 5.69 Å². The number of rotatable bonds is 2. The fraction of sp³-hybridized carbons (Fsp3) is 0.450.